The van der Waals surface area contributed by atoms with Crippen molar-refractivity contribution in [2.75, 3.05) is 31.8 Å². The summed E-state index contributed by atoms with van der Waals surface area (Å²) in [6.45, 7) is 3.08. The van der Waals surface area contributed by atoms with Crippen molar-refractivity contribution < 1.29 is 58.5 Å². The molecule has 0 radical (unpaired) electrons. The van der Waals surface area contributed by atoms with E-state index in [4.69, 9.17) is 19.9 Å². The van der Waals surface area contributed by atoms with Gasteiger partial charge in [-0.1, -0.05) is 6.92 Å². The molecule has 0 spiro atoms. The van der Waals surface area contributed by atoms with Gasteiger partial charge in [0.1, 0.15) is 18.1 Å². The summed E-state index contributed by atoms with van der Waals surface area (Å²) in [7, 11) is 1.37. The Labute approximate surface area is 269 Å². The second-order valence-corrected chi connectivity index (χ2v) is 11.0. The number of hydrogen-bond donors (Lipinski definition) is 1. The van der Waals surface area contributed by atoms with E-state index < -0.39 is 64.9 Å². The zero-order valence-electron chi connectivity index (χ0n) is 25.8. The van der Waals surface area contributed by atoms with Crippen LogP contribution >= 0.6 is 0 Å². The Bertz CT molecular complexity index is 1600. The molecule has 0 fully saturated rings. The molecule has 2 aromatic carbocycles. The van der Waals surface area contributed by atoms with Gasteiger partial charge in [-0.25, -0.2) is 14.8 Å². The number of alkyl halides is 9. The molecule has 4 rings (SSSR count). The number of ether oxygens (including phenoxy) is 3. The zero-order valence-corrected chi connectivity index (χ0v) is 25.8. The van der Waals surface area contributed by atoms with Gasteiger partial charge in [-0.2, -0.15) is 39.5 Å². The number of rotatable bonds is 9. The quantitative estimate of drug-likeness (QED) is 0.181. The van der Waals surface area contributed by atoms with Crippen LogP contribution < -0.4 is 15.4 Å². The fraction of sp³-hybridized carbons (Fsp3) is 0.452. The molecule has 1 aromatic heterocycles. The lowest BCUT2D eigenvalue weighted by Gasteiger charge is -2.46. The molecule has 17 heteroatoms. The summed E-state index contributed by atoms with van der Waals surface area (Å²) in [6, 6.07) is 3.73. The maximum Gasteiger partial charge on any atom is 0.416 e. The van der Waals surface area contributed by atoms with Gasteiger partial charge in [0.25, 0.3) is 0 Å². The molecule has 0 saturated carbocycles. The predicted octanol–water partition coefficient (Wildman–Crippen LogP) is 7.71. The monoisotopic (exact) mass is 694 g/mol. The summed E-state index contributed by atoms with van der Waals surface area (Å²) < 4.78 is 139. The molecule has 262 valence electrons. The van der Waals surface area contributed by atoms with Gasteiger partial charge in [0.15, 0.2) is 5.75 Å². The van der Waals surface area contributed by atoms with E-state index in [0.717, 1.165) is 29.3 Å². The van der Waals surface area contributed by atoms with Gasteiger partial charge >= 0.3 is 24.6 Å². The van der Waals surface area contributed by atoms with Crippen molar-refractivity contribution in [3.8, 4) is 5.75 Å². The van der Waals surface area contributed by atoms with Crippen molar-refractivity contribution in [1.82, 2.24) is 9.97 Å². The topological polar surface area (TPSA) is 99.8 Å². The lowest BCUT2D eigenvalue weighted by Crippen LogP contribution is -2.61. The highest BCUT2D eigenvalue weighted by molar-refractivity contribution is 5.91. The first-order valence-electron chi connectivity index (χ1n) is 14.5. The van der Waals surface area contributed by atoms with E-state index in [1.807, 2.05) is 0 Å². The number of halogens is 9. The average Bonchev–Trinajstić information content (AvgIpc) is 3.00. The first kappa shape index (κ1) is 36.7. The van der Waals surface area contributed by atoms with Crippen molar-refractivity contribution in [3.05, 3.63) is 81.9 Å². The van der Waals surface area contributed by atoms with Gasteiger partial charge < -0.3 is 19.9 Å². The van der Waals surface area contributed by atoms with Gasteiger partial charge in [0.05, 0.1) is 47.5 Å². The number of aromatic nitrogens is 2. The molecule has 3 aromatic rings. The molecule has 0 aliphatic carbocycles. The van der Waals surface area contributed by atoms with Crippen molar-refractivity contribution in [2.24, 2.45) is 5.73 Å². The molecular weight excluding hydrogens is 663 g/mol. The van der Waals surface area contributed by atoms with E-state index in [-0.39, 0.29) is 67.2 Å². The molecule has 0 saturated heterocycles. The lowest BCUT2D eigenvalue weighted by atomic mass is 9.80. The van der Waals surface area contributed by atoms with Gasteiger partial charge in [0, 0.05) is 19.4 Å². The standard InChI is InChI=1S/C31H31F9N4O4/c1-4-28(41)15-22(21-14-18(29(32,33)34)6-7-24(21)44(28)27(45)47-5-2)26-42-16-25(48-9-8-46-3)23(43-26)12-17-10-19(30(35,36)37)13-20(11-17)31(38,39)40/h6-7,10-11,13-14,16,22H,4-5,8-9,12,15,41H2,1-3H3/t22-,28+/m0/s1. The predicted molar refractivity (Wildman–Crippen MR) is 153 cm³/mol. The van der Waals surface area contributed by atoms with Gasteiger partial charge in [0.2, 0.25) is 0 Å². The fourth-order valence-corrected chi connectivity index (χ4v) is 5.40. The number of carbonyl (C=O) groups excluding carboxylic acids is 1. The summed E-state index contributed by atoms with van der Waals surface area (Å²) in [6.07, 6.45) is -15.5. The largest absolute Gasteiger partial charge is 0.488 e. The Morgan fingerprint density at radius 1 is 0.938 bits per heavy atom. The van der Waals surface area contributed by atoms with Crippen LogP contribution in [0.3, 0.4) is 0 Å². The molecule has 1 aliphatic rings. The maximum absolute atomic E-state index is 13.9. The van der Waals surface area contributed by atoms with Crippen LogP contribution in [0.2, 0.25) is 0 Å². The molecule has 0 unspecified atom stereocenters. The highest BCUT2D eigenvalue weighted by atomic mass is 19.4. The van der Waals surface area contributed by atoms with Crippen LogP contribution in [-0.2, 0) is 34.4 Å². The number of hydrogen-bond acceptors (Lipinski definition) is 7. The number of benzene rings is 2. The fourth-order valence-electron chi connectivity index (χ4n) is 5.40. The highest BCUT2D eigenvalue weighted by Gasteiger charge is 2.47. The third kappa shape index (κ3) is 7.94. The summed E-state index contributed by atoms with van der Waals surface area (Å²) in [5.41, 5.74) is 0.385. The summed E-state index contributed by atoms with van der Waals surface area (Å²) >= 11 is 0. The minimum atomic E-state index is -5.11. The number of nitrogens with two attached hydrogens (primary N) is 1. The van der Waals surface area contributed by atoms with E-state index in [9.17, 15) is 44.3 Å². The van der Waals surface area contributed by atoms with Crippen LogP contribution in [0.1, 0.15) is 71.9 Å². The molecule has 2 heterocycles. The third-order valence-electron chi connectivity index (χ3n) is 7.76. The Morgan fingerprint density at radius 3 is 2.10 bits per heavy atom. The van der Waals surface area contributed by atoms with Crippen LogP contribution in [-0.4, -0.2) is 48.7 Å². The average molecular weight is 695 g/mol. The van der Waals surface area contributed by atoms with Gasteiger partial charge in [-0.3, -0.25) is 4.90 Å². The van der Waals surface area contributed by atoms with Crippen molar-refractivity contribution >= 4 is 11.8 Å². The van der Waals surface area contributed by atoms with Crippen LogP contribution in [0.15, 0.2) is 42.6 Å². The third-order valence-corrected chi connectivity index (χ3v) is 7.76. The molecule has 2 N–H and O–H groups in total. The van der Waals surface area contributed by atoms with Crippen molar-refractivity contribution in [2.45, 2.75) is 63.2 Å². The Kier molecular flexibility index (Phi) is 10.5. The normalized spacial score (nSPS) is 18.4. The smallest absolute Gasteiger partial charge is 0.416 e. The second kappa shape index (κ2) is 13.8. The van der Waals surface area contributed by atoms with E-state index in [1.54, 1.807) is 6.92 Å². The van der Waals surface area contributed by atoms with Gasteiger partial charge in [-0.05, 0) is 67.3 Å². The first-order chi connectivity index (χ1) is 22.3. The summed E-state index contributed by atoms with van der Waals surface area (Å²) in [4.78, 5) is 22.9. The molecule has 48 heavy (non-hydrogen) atoms. The number of anilines is 1. The van der Waals surface area contributed by atoms with Crippen LogP contribution in [0, 0.1) is 0 Å². The van der Waals surface area contributed by atoms with E-state index in [0.29, 0.717) is 12.1 Å². The number of methoxy groups -OCH3 is 1. The van der Waals surface area contributed by atoms with E-state index >= 15 is 0 Å². The van der Waals surface area contributed by atoms with Crippen molar-refractivity contribution in [3.63, 3.8) is 0 Å². The summed E-state index contributed by atoms with van der Waals surface area (Å²) in [5.74, 6) is -1.37. The molecule has 1 aliphatic heterocycles. The maximum atomic E-state index is 13.9. The van der Waals surface area contributed by atoms with Gasteiger partial charge in [-0.15, -0.1) is 0 Å². The first-order valence-corrected chi connectivity index (χ1v) is 14.5. The van der Waals surface area contributed by atoms with Crippen LogP contribution in [0.4, 0.5) is 50.0 Å². The molecular formula is C31H31F9N4O4. The number of amides is 1. The SMILES string of the molecule is CCOC(=O)N1c2ccc(C(F)(F)F)cc2[C@@H](c2ncc(OCCOC)c(Cc3cc(C(F)(F)F)cc(C(F)(F)F)c3)n2)C[C@@]1(N)CC. The lowest BCUT2D eigenvalue weighted by molar-refractivity contribution is -0.143. The minimum absolute atomic E-state index is 0.0109. The molecule has 0 bridgehead atoms. The minimum Gasteiger partial charge on any atom is -0.488 e. The van der Waals surface area contributed by atoms with Crippen LogP contribution in [0.5, 0.6) is 5.75 Å². The van der Waals surface area contributed by atoms with Crippen molar-refractivity contribution in [1.29, 1.82) is 0 Å². The van der Waals surface area contributed by atoms with E-state index in [1.165, 1.54) is 14.0 Å². The Hall–Kier alpha value is -4.12. The second-order valence-electron chi connectivity index (χ2n) is 11.0. The Balaban J connectivity index is 1.91. The number of nitrogens with zero attached hydrogens (tertiary/aromatic N) is 3. The Morgan fingerprint density at radius 2 is 1.56 bits per heavy atom. The molecule has 2 atom stereocenters. The number of fused-ring (bicyclic) bond motifs is 1. The molecule has 1 amide bonds. The number of carbonyl (C=O) groups is 1. The van der Waals surface area contributed by atoms with Crippen LogP contribution in [0.25, 0.3) is 0 Å². The van der Waals surface area contributed by atoms with E-state index in [2.05, 4.69) is 9.97 Å². The summed E-state index contributed by atoms with van der Waals surface area (Å²) in [5, 5.41) is 0. The molecule has 8 nitrogen and oxygen atoms in total. The highest BCUT2D eigenvalue weighted by Crippen LogP contribution is 2.47. The zero-order chi connectivity index (χ0) is 35.7.